The van der Waals surface area contributed by atoms with Gasteiger partial charge >= 0.3 is 0 Å². The Kier molecular flexibility index (Phi) is 5.23. The van der Waals surface area contributed by atoms with Crippen molar-refractivity contribution in [1.82, 2.24) is 4.90 Å². The molecule has 0 bridgehead atoms. The smallest absolute Gasteiger partial charge is 0.0833 e. The van der Waals surface area contributed by atoms with Crippen molar-refractivity contribution < 1.29 is 9.84 Å². The van der Waals surface area contributed by atoms with Crippen LogP contribution in [0.5, 0.6) is 0 Å². The van der Waals surface area contributed by atoms with Gasteiger partial charge in [-0.15, -0.1) is 0 Å². The number of piperidine rings is 1. The maximum Gasteiger partial charge on any atom is 0.0833 e. The molecular formula is C18H33NO2. The van der Waals surface area contributed by atoms with E-state index in [1.807, 2.05) is 0 Å². The van der Waals surface area contributed by atoms with Crippen LogP contribution in [-0.4, -0.2) is 49.5 Å². The van der Waals surface area contributed by atoms with E-state index in [1.54, 1.807) is 7.11 Å². The maximum absolute atomic E-state index is 10.4. The van der Waals surface area contributed by atoms with E-state index in [1.165, 1.54) is 51.6 Å². The molecule has 3 aliphatic rings. The zero-order valence-corrected chi connectivity index (χ0v) is 13.8. The topological polar surface area (TPSA) is 32.7 Å². The van der Waals surface area contributed by atoms with E-state index in [2.05, 4.69) is 11.9 Å². The first-order chi connectivity index (χ1) is 10.2. The van der Waals surface area contributed by atoms with Gasteiger partial charge in [0.25, 0.3) is 0 Å². The van der Waals surface area contributed by atoms with Crippen LogP contribution < -0.4 is 0 Å². The number of ether oxygens (including phenoxy) is 1. The van der Waals surface area contributed by atoms with Crippen LogP contribution >= 0.6 is 0 Å². The van der Waals surface area contributed by atoms with Crippen LogP contribution in [0.15, 0.2) is 0 Å². The molecule has 1 heterocycles. The first-order valence-electron chi connectivity index (χ1n) is 9.06. The van der Waals surface area contributed by atoms with E-state index in [-0.39, 0.29) is 12.2 Å². The van der Waals surface area contributed by atoms with Crippen LogP contribution in [0.25, 0.3) is 0 Å². The molecule has 122 valence electrons. The average Bonchev–Trinajstić information content (AvgIpc) is 2.48. The highest BCUT2D eigenvalue weighted by Crippen LogP contribution is 2.43. The zero-order valence-electron chi connectivity index (χ0n) is 13.8. The van der Waals surface area contributed by atoms with Gasteiger partial charge in [-0.2, -0.15) is 0 Å². The van der Waals surface area contributed by atoms with Crippen molar-refractivity contribution in [1.29, 1.82) is 0 Å². The van der Waals surface area contributed by atoms with Crippen LogP contribution in [0, 0.1) is 23.7 Å². The van der Waals surface area contributed by atoms with E-state index in [4.69, 9.17) is 4.74 Å². The molecule has 3 heteroatoms. The molecule has 0 amide bonds. The highest BCUT2D eigenvalue weighted by atomic mass is 16.5. The van der Waals surface area contributed by atoms with E-state index in [0.717, 1.165) is 36.5 Å². The van der Waals surface area contributed by atoms with Crippen molar-refractivity contribution in [2.24, 2.45) is 23.7 Å². The van der Waals surface area contributed by atoms with Gasteiger partial charge in [0.2, 0.25) is 0 Å². The quantitative estimate of drug-likeness (QED) is 0.869. The summed E-state index contributed by atoms with van der Waals surface area (Å²) in [6.07, 6.45) is 10.5. The van der Waals surface area contributed by atoms with Gasteiger partial charge in [0, 0.05) is 20.2 Å². The second-order valence-electron chi connectivity index (χ2n) is 7.96. The molecule has 21 heavy (non-hydrogen) atoms. The Hall–Kier alpha value is -0.120. The number of hydrogen-bond acceptors (Lipinski definition) is 3. The Bertz CT molecular complexity index is 329. The van der Waals surface area contributed by atoms with Crippen LogP contribution in [0.2, 0.25) is 0 Å². The normalized spacial score (nSPS) is 42.7. The number of aliphatic hydroxyl groups is 1. The van der Waals surface area contributed by atoms with Crippen LogP contribution in [0.1, 0.15) is 51.4 Å². The van der Waals surface area contributed by atoms with Gasteiger partial charge in [-0.25, -0.2) is 0 Å². The van der Waals surface area contributed by atoms with Gasteiger partial charge in [-0.05, 0) is 50.0 Å². The standard InChI is InChI=1S/C18H33NO2/c1-19-11-14(8-13-6-4-3-5-7-13)16-10-17(20)18(21-2)9-15(16)12-19/h13-18,20H,3-12H2,1-2H3. The van der Waals surface area contributed by atoms with E-state index in [0.29, 0.717) is 0 Å². The molecule has 0 aromatic heterocycles. The fourth-order valence-corrected chi connectivity index (χ4v) is 5.40. The third-order valence-corrected chi connectivity index (χ3v) is 6.44. The van der Waals surface area contributed by atoms with Crippen molar-refractivity contribution in [3.05, 3.63) is 0 Å². The van der Waals surface area contributed by atoms with E-state index >= 15 is 0 Å². The number of likely N-dealkylation sites (tertiary alicyclic amines) is 1. The second-order valence-corrected chi connectivity index (χ2v) is 7.96. The lowest BCUT2D eigenvalue weighted by Crippen LogP contribution is -2.52. The SMILES string of the molecule is COC1CC2CN(C)CC(CC3CCCCC3)C2CC1O. The Morgan fingerprint density at radius 2 is 1.86 bits per heavy atom. The predicted molar refractivity (Wildman–Crippen MR) is 85.2 cm³/mol. The highest BCUT2D eigenvalue weighted by molar-refractivity contribution is 4.95. The Morgan fingerprint density at radius 1 is 1.10 bits per heavy atom. The summed E-state index contributed by atoms with van der Waals surface area (Å²) in [5, 5.41) is 10.4. The summed E-state index contributed by atoms with van der Waals surface area (Å²) in [5.74, 6) is 3.20. The average molecular weight is 295 g/mol. The fourth-order valence-electron chi connectivity index (χ4n) is 5.40. The molecular weight excluding hydrogens is 262 g/mol. The molecule has 1 N–H and O–H groups in total. The Labute approximate surface area is 130 Å². The number of methoxy groups -OCH3 is 1. The van der Waals surface area contributed by atoms with Gasteiger partial charge in [0.05, 0.1) is 12.2 Å². The van der Waals surface area contributed by atoms with E-state index in [9.17, 15) is 5.11 Å². The number of fused-ring (bicyclic) bond motifs is 1. The summed E-state index contributed by atoms with van der Waals surface area (Å²) in [7, 11) is 4.02. The van der Waals surface area contributed by atoms with Crippen LogP contribution in [-0.2, 0) is 4.74 Å². The molecule has 1 aliphatic heterocycles. The van der Waals surface area contributed by atoms with Crippen molar-refractivity contribution >= 4 is 0 Å². The van der Waals surface area contributed by atoms with Gasteiger partial charge in [0.1, 0.15) is 0 Å². The zero-order chi connectivity index (χ0) is 14.8. The number of rotatable bonds is 3. The summed E-state index contributed by atoms with van der Waals surface area (Å²) in [6.45, 7) is 2.43. The predicted octanol–water partition coefficient (Wildman–Crippen LogP) is 2.92. The molecule has 5 atom stereocenters. The Balaban J connectivity index is 1.64. The summed E-state index contributed by atoms with van der Waals surface area (Å²) >= 11 is 0. The van der Waals surface area contributed by atoms with Gasteiger partial charge in [0.15, 0.2) is 0 Å². The maximum atomic E-state index is 10.4. The summed E-state index contributed by atoms with van der Waals surface area (Å²) in [6, 6.07) is 0. The number of aliphatic hydroxyl groups excluding tert-OH is 1. The summed E-state index contributed by atoms with van der Waals surface area (Å²) in [5.41, 5.74) is 0. The third-order valence-electron chi connectivity index (χ3n) is 6.44. The summed E-state index contributed by atoms with van der Waals surface area (Å²) < 4.78 is 5.50. The Morgan fingerprint density at radius 3 is 2.57 bits per heavy atom. The van der Waals surface area contributed by atoms with Crippen LogP contribution in [0.4, 0.5) is 0 Å². The minimum Gasteiger partial charge on any atom is -0.390 e. The highest BCUT2D eigenvalue weighted by Gasteiger charge is 2.43. The molecule has 3 fully saturated rings. The van der Waals surface area contributed by atoms with Crippen molar-refractivity contribution in [2.75, 3.05) is 27.2 Å². The molecule has 0 aromatic carbocycles. The molecule has 0 aromatic rings. The number of nitrogens with zero attached hydrogens (tertiary/aromatic N) is 1. The third kappa shape index (κ3) is 3.62. The molecule has 0 spiro atoms. The van der Waals surface area contributed by atoms with Crippen molar-refractivity contribution in [3.63, 3.8) is 0 Å². The molecule has 3 rings (SSSR count). The molecule has 0 radical (unpaired) electrons. The fraction of sp³-hybridized carbons (Fsp3) is 1.00. The molecule has 2 aliphatic carbocycles. The lowest BCUT2D eigenvalue weighted by molar-refractivity contribution is -0.0994. The second kappa shape index (κ2) is 6.97. The first kappa shape index (κ1) is 15.8. The minimum absolute atomic E-state index is 0.0630. The molecule has 1 saturated heterocycles. The molecule has 5 unspecified atom stereocenters. The van der Waals surface area contributed by atoms with Gasteiger partial charge < -0.3 is 14.7 Å². The molecule has 2 saturated carbocycles. The van der Waals surface area contributed by atoms with Gasteiger partial charge in [-0.1, -0.05) is 32.1 Å². The number of hydrogen-bond donors (Lipinski definition) is 1. The van der Waals surface area contributed by atoms with Gasteiger partial charge in [-0.3, -0.25) is 0 Å². The first-order valence-corrected chi connectivity index (χ1v) is 9.06. The lowest BCUT2D eigenvalue weighted by atomic mass is 9.65. The van der Waals surface area contributed by atoms with Crippen LogP contribution in [0.3, 0.4) is 0 Å². The largest absolute Gasteiger partial charge is 0.390 e. The molecule has 3 nitrogen and oxygen atoms in total. The lowest BCUT2D eigenvalue weighted by Gasteiger charge is -2.49. The van der Waals surface area contributed by atoms with E-state index < -0.39 is 0 Å². The van der Waals surface area contributed by atoms with Crippen molar-refractivity contribution in [2.45, 2.75) is 63.6 Å². The monoisotopic (exact) mass is 295 g/mol. The summed E-state index contributed by atoms with van der Waals surface area (Å²) in [4.78, 5) is 2.53. The minimum atomic E-state index is -0.242. The van der Waals surface area contributed by atoms with Crippen molar-refractivity contribution in [3.8, 4) is 0 Å².